The van der Waals surface area contributed by atoms with Crippen LogP contribution in [0.25, 0.3) is 0 Å². The van der Waals surface area contributed by atoms with E-state index in [1.165, 1.54) is 24.2 Å². The van der Waals surface area contributed by atoms with Crippen LogP contribution in [0.2, 0.25) is 0 Å². The van der Waals surface area contributed by atoms with Crippen LogP contribution in [0.3, 0.4) is 0 Å². The number of likely N-dealkylation sites (N-methyl/N-ethyl adjacent to an activating group) is 1. The lowest BCUT2D eigenvalue weighted by Crippen LogP contribution is -2.37. The molecule has 0 radical (unpaired) electrons. The van der Waals surface area contributed by atoms with Crippen molar-refractivity contribution in [2.75, 3.05) is 36.4 Å². The molecule has 29 heavy (non-hydrogen) atoms. The normalized spacial score (nSPS) is 21.2. The maximum atomic E-state index is 13.5. The summed E-state index contributed by atoms with van der Waals surface area (Å²) in [6.45, 7) is 8.73. The van der Waals surface area contributed by atoms with Gasteiger partial charge in [-0.05, 0) is 67.5 Å². The fourth-order valence-corrected chi connectivity index (χ4v) is 4.33. The summed E-state index contributed by atoms with van der Waals surface area (Å²) >= 11 is 0. The largest absolute Gasteiger partial charge is 0.370 e. The van der Waals surface area contributed by atoms with Crippen LogP contribution in [-0.2, 0) is 4.79 Å². The lowest BCUT2D eigenvalue weighted by Gasteiger charge is -2.26. The Balaban J connectivity index is 1.43. The predicted octanol–water partition coefficient (Wildman–Crippen LogP) is 4.18. The minimum absolute atomic E-state index is 0.175. The first kappa shape index (κ1) is 19.6. The summed E-state index contributed by atoms with van der Waals surface area (Å²) in [6, 6.07) is 13.1. The standard InChI is InChI=1S/C23H27FN4O/c1-3-27(4-2)19-11-12-28(15-19)18-8-6-17(7-9-18)25-14-21-20-13-16(24)5-10-22(20)26-23(21)29/h5-10,13-14,19,21H,3-4,11-12,15H2,1-2H3,(H,26,29). The van der Waals surface area contributed by atoms with E-state index in [1.807, 2.05) is 12.1 Å². The number of rotatable bonds is 6. The van der Waals surface area contributed by atoms with Crippen molar-refractivity contribution < 1.29 is 9.18 Å². The predicted molar refractivity (Wildman–Crippen MR) is 116 cm³/mol. The number of benzene rings is 2. The molecule has 152 valence electrons. The fraction of sp³-hybridized carbons (Fsp3) is 0.391. The van der Waals surface area contributed by atoms with Gasteiger partial charge in [0.25, 0.3) is 0 Å². The van der Waals surface area contributed by atoms with Crippen molar-refractivity contribution in [3.63, 3.8) is 0 Å². The minimum Gasteiger partial charge on any atom is -0.370 e. The molecule has 0 aliphatic carbocycles. The van der Waals surface area contributed by atoms with E-state index in [9.17, 15) is 9.18 Å². The van der Waals surface area contributed by atoms with E-state index in [1.54, 1.807) is 12.3 Å². The van der Waals surface area contributed by atoms with Gasteiger partial charge in [0.2, 0.25) is 5.91 Å². The number of halogens is 1. The van der Waals surface area contributed by atoms with E-state index in [2.05, 4.69) is 46.1 Å². The Labute approximate surface area is 171 Å². The van der Waals surface area contributed by atoms with E-state index in [4.69, 9.17) is 0 Å². The number of anilines is 2. The number of hydrogen-bond acceptors (Lipinski definition) is 4. The quantitative estimate of drug-likeness (QED) is 0.748. The van der Waals surface area contributed by atoms with E-state index in [-0.39, 0.29) is 11.7 Å². The van der Waals surface area contributed by atoms with Gasteiger partial charge in [-0.15, -0.1) is 0 Å². The molecule has 2 unspecified atom stereocenters. The maximum Gasteiger partial charge on any atom is 0.237 e. The molecule has 6 heteroatoms. The lowest BCUT2D eigenvalue weighted by molar-refractivity contribution is -0.115. The van der Waals surface area contributed by atoms with Gasteiger partial charge in [0.15, 0.2) is 0 Å². The van der Waals surface area contributed by atoms with Crippen molar-refractivity contribution in [2.24, 2.45) is 4.99 Å². The molecule has 4 rings (SSSR count). The average molecular weight is 394 g/mol. The Morgan fingerprint density at radius 1 is 1.21 bits per heavy atom. The van der Waals surface area contributed by atoms with Gasteiger partial charge in [-0.25, -0.2) is 4.39 Å². The highest BCUT2D eigenvalue weighted by Gasteiger charge is 2.29. The third-order valence-electron chi connectivity index (χ3n) is 5.97. The molecule has 2 aromatic carbocycles. The molecule has 2 heterocycles. The van der Waals surface area contributed by atoms with Gasteiger partial charge < -0.3 is 10.2 Å². The molecule has 1 amide bonds. The molecule has 2 aliphatic rings. The molecule has 1 fully saturated rings. The summed E-state index contributed by atoms with van der Waals surface area (Å²) in [4.78, 5) is 21.6. The fourth-order valence-electron chi connectivity index (χ4n) is 4.33. The lowest BCUT2D eigenvalue weighted by atomic mass is 10.0. The number of hydrogen-bond donors (Lipinski definition) is 1. The molecular weight excluding hydrogens is 367 g/mol. The zero-order chi connectivity index (χ0) is 20.4. The highest BCUT2D eigenvalue weighted by Crippen LogP contribution is 2.32. The topological polar surface area (TPSA) is 47.9 Å². The number of carbonyl (C=O) groups is 1. The van der Waals surface area contributed by atoms with Crippen LogP contribution in [0.5, 0.6) is 0 Å². The number of carbonyl (C=O) groups excluding carboxylic acids is 1. The van der Waals surface area contributed by atoms with Crippen LogP contribution in [0.4, 0.5) is 21.5 Å². The molecule has 2 aliphatic heterocycles. The van der Waals surface area contributed by atoms with Crippen molar-refractivity contribution in [2.45, 2.75) is 32.2 Å². The van der Waals surface area contributed by atoms with Crippen molar-refractivity contribution in [1.29, 1.82) is 0 Å². The molecule has 0 aromatic heterocycles. The zero-order valence-electron chi connectivity index (χ0n) is 16.9. The molecule has 0 saturated carbocycles. The third kappa shape index (κ3) is 4.03. The summed E-state index contributed by atoms with van der Waals surface area (Å²) in [5, 5.41) is 2.77. The van der Waals surface area contributed by atoms with Crippen LogP contribution >= 0.6 is 0 Å². The van der Waals surface area contributed by atoms with Crippen molar-refractivity contribution in [3.8, 4) is 0 Å². The SMILES string of the molecule is CCN(CC)C1CCN(c2ccc(N=CC3C(=O)Nc4ccc(F)cc43)cc2)C1. The molecule has 2 atom stereocenters. The van der Waals surface area contributed by atoms with Gasteiger partial charge in [0.1, 0.15) is 11.7 Å². The first-order chi connectivity index (χ1) is 14.1. The number of aliphatic imine (C=N–C) groups is 1. The van der Waals surface area contributed by atoms with Crippen LogP contribution < -0.4 is 10.2 Å². The number of nitrogens with one attached hydrogen (secondary N) is 1. The Morgan fingerprint density at radius 3 is 2.69 bits per heavy atom. The second-order valence-corrected chi connectivity index (χ2v) is 7.60. The molecule has 1 N–H and O–H groups in total. The molecule has 0 bridgehead atoms. The number of amides is 1. The second kappa shape index (κ2) is 8.33. The van der Waals surface area contributed by atoms with Gasteiger partial charge >= 0.3 is 0 Å². The second-order valence-electron chi connectivity index (χ2n) is 7.60. The van der Waals surface area contributed by atoms with Crippen molar-refractivity contribution in [3.05, 3.63) is 53.8 Å². The zero-order valence-corrected chi connectivity index (χ0v) is 16.9. The minimum atomic E-state index is -0.561. The third-order valence-corrected chi connectivity index (χ3v) is 5.97. The number of fused-ring (bicyclic) bond motifs is 1. The highest BCUT2D eigenvalue weighted by atomic mass is 19.1. The molecule has 1 saturated heterocycles. The van der Waals surface area contributed by atoms with Gasteiger partial charge in [-0.3, -0.25) is 14.7 Å². The monoisotopic (exact) mass is 394 g/mol. The Bertz CT molecular complexity index is 908. The smallest absolute Gasteiger partial charge is 0.237 e. The summed E-state index contributed by atoms with van der Waals surface area (Å²) in [5.74, 6) is -1.09. The Kier molecular flexibility index (Phi) is 5.62. The van der Waals surface area contributed by atoms with Gasteiger partial charge in [0.05, 0.1) is 5.69 Å². The van der Waals surface area contributed by atoms with E-state index in [0.29, 0.717) is 17.3 Å². The molecule has 0 spiro atoms. The Hall–Kier alpha value is -2.73. The maximum absolute atomic E-state index is 13.5. The Morgan fingerprint density at radius 2 is 1.97 bits per heavy atom. The highest BCUT2D eigenvalue weighted by molar-refractivity contribution is 6.12. The summed E-state index contributed by atoms with van der Waals surface area (Å²) in [7, 11) is 0. The van der Waals surface area contributed by atoms with E-state index >= 15 is 0 Å². The van der Waals surface area contributed by atoms with Crippen molar-refractivity contribution in [1.82, 2.24) is 4.90 Å². The van der Waals surface area contributed by atoms with Crippen LogP contribution in [-0.4, -0.2) is 49.2 Å². The van der Waals surface area contributed by atoms with Crippen molar-refractivity contribution >= 4 is 29.2 Å². The molecular formula is C23H27FN4O. The van der Waals surface area contributed by atoms with Gasteiger partial charge in [-0.1, -0.05) is 13.8 Å². The van der Waals surface area contributed by atoms with Gasteiger partial charge in [0, 0.05) is 36.7 Å². The van der Waals surface area contributed by atoms with Crippen LogP contribution in [0, 0.1) is 5.82 Å². The molecule has 2 aromatic rings. The first-order valence-electron chi connectivity index (χ1n) is 10.3. The average Bonchev–Trinajstić information content (AvgIpc) is 3.32. The summed E-state index contributed by atoms with van der Waals surface area (Å²) in [5.41, 5.74) is 3.27. The molecule has 5 nitrogen and oxygen atoms in total. The van der Waals surface area contributed by atoms with Crippen LogP contribution in [0.15, 0.2) is 47.5 Å². The first-order valence-corrected chi connectivity index (χ1v) is 10.3. The van der Waals surface area contributed by atoms with E-state index < -0.39 is 5.92 Å². The number of nitrogens with zero attached hydrogens (tertiary/aromatic N) is 3. The summed E-state index contributed by atoms with van der Waals surface area (Å²) < 4.78 is 13.5. The summed E-state index contributed by atoms with van der Waals surface area (Å²) in [6.07, 6.45) is 2.79. The van der Waals surface area contributed by atoms with Gasteiger partial charge in [-0.2, -0.15) is 0 Å². The van der Waals surface area contributed by atoms with E-state index in [0.717, 1.165) is 31.9 Å². The van der Waals surface area contributed by atoms with Crippen LogP contribution in [0.1, 0.15) is 31.7 Å².